The van der Waals surface area contributed by atoms with Gasteiger partial charge in [-0.25, -0.2) is 4.98 Å². The molecule has 2 amide bonds. The van der Waals surface area contributed by atoms with Crippen LogP contribution in [0.4, 0.5) is 11.5 Å². The second kappa shape index (κ2) is 10.1. The second-order valence-corrected chi connectivity index (χ2v) is 7.89. The van der Waals surface area contributed by atoms with Crippen molar-refractivity contribution in [2.45, 2.75) is 12.6 Å². The average Bonchev–Trinajstić information content (AvgIpc) is 2.84. The van der Waals surface area contributed by atoms with E-state index in [1.54, 1.807) is 30.3 Å². The van der Waals surface area contributed by atoms with Crippen molar-refractivity contribution in [1.82, 2.24) is 14.8 Å². The lowest BCUT2D eigenvalue weighted by atomic mass is 10.1. The van der Waals surface area contributed by atoms with Gasteiger partial charge >= 0.3 is 0 Å². The van der Waals surface area contributed by atoms with E-state index in [2.05, 4.69) is 15.2 Å². The van der Waals surface area contributed by atoms with Gasteiger partial charge in [-0.2, -0.15) is 0 Å². The highest BCUT2D eigenvalue weighted by Gasteiger charge is 2.35. The summed E-state index contributed by atoms with van der Waals surface area (Å²) in [6, 6.07) is 20.1. The number of amides is 2. The van der Waals surface area contributed by atoms with Crippen molar-refractivity contribution in [2.75, 3.05) is 32.1 Å². The van der Waals surface area contributed by atoms with Crippen LogP contribution in [0.15, 0.2) is 72.9 Å². The molecule has 8 nitrogen and oxygen atoms in total. The number of aromatic nitrogens is 1. The standard InChI is InChI=1S/C25H27N5O3/c1-33-20-10-5-9-19(15-20)28-24-21(11-6-12-27-24)25(32)30-14-13-29(17-22(30)23(26)31)16-18-7-3-2-4-8-18/h2-12,15,22H,13-14,16-17H2,1H3,(H2,26,31)(H,27,28). The highest BCUT2D eigenvalue weighted by molar-refractivity contribution is 6.01. The van der Waals surface area contributed by atoms with E-state index in [1.165, 1.54) is 0 Å². The van der Waals surface area contributed by atoms with E-state index in [0.29, 0.717) is 43.3 Å². The third-order valence-corrected chi connectivity index (χ3v) is 5.67. The summed E-state index contributed by atoms with van der Waals surface area (Å²) in [7, 11) is 1.59. The third kappa shape index (κ3) is 5.30. The van der Waals surface area contributed by atoms with Gasteiger partial charge in [-0.1, -0.05) is 36.4 Å². The van der Waals surface area contributed by atoms with Crippen LogP contribution in [-0.4, -0.2) is 59.4 Å². The van der Waals surface area contributed by atoms with Crippen LogP contribution in [0.25, 0.3) is 0 Å². The van der Waals surface area contributed by atoms with Crippen LogP contribution in [0.2, 0.25) is 0 Å². The van der Waals surface area contributed by atoms with E-state index in [4.69, 9.17) is 10.5 Å². The molecule has 1 aliphatic heterocycles. The molecule has 8 heteroatoms. The van der Waals surface area contributed by atoms with Crippen molar-refractivity contribution in [2.24, 2.45) is 5.73 Å². The number of carbonyl (C=O) groups is 2. The zero-order valence-corrected chi connectivity index (χ0v) is 18.5. The van der Waals surface area contributed by atoms with E-state index in [0.717, 1.165) is 11.3 Å². The van der Waals surface area contributed by atoms with Gasteiger partial charge in [-0.05, 0) is 29.8 Å². The number of ether oxygens (including phenoxy) is 1. The molecule has 3 N–H and O–H groups in total. The molecule has 0 saturated carbocycles. The molecule has 1 aromatic heterocycles. The molecule has 0 bridgehead atoms. The maximum atomic E-state index is 13.5. The van der Waals surface area contributed by atoms with Crippen LogP contribution in [0.3, 0.4) is 0 Å². The number of nitrogens with zero attached hydrogens (tertiary/aromatic N) is 3. The topological polar surface area (TPSA) is 101 Å². The first-order valence-corrected chi connectivity index (χ1v) is 10.8. The Morgan fingerprint density at radius 2 is 1.91 bits per heavy atom. The van der Waals surface area contributed by atoms with Gasteiger partial charge in [0.2, 0.25) is 5.91 Å². The number of piperazine rings is 1. The van der Waals surface area contributed by atoms with Crippen LogP contribution in [0.1, 0.15) is 15.9 Å². The molecule has 1 unspecified atom stereocenters. The van der Waals surface area contributed by atoms with Gasteiger partial charge in [-0.3, -0.25) is 14.5 Å². The Morgan fingerprint density at radius 1 is 1.09 bits per heavy atom. The number of hydrogen-bond acceptors (Lipinski definition) is 6. The van der Waals surface area contributed by atoms with Gasteiger partial charge in [0.25, 0.3) is 5.91 Å². The Kier molecular flexibility index (Phi) is 6.85. The number of rotatable bonds is 7. The number of nitrogens with one attached hydrogen (secondary N) is 1. The number of benzene rings is 2. The largest absolute Gasteiger partial charge is 0.497 e. The van der Waals surface area contributed by atoms with Crippen molar-refractivity contribution in [1.29, 1.82) is 0 Å². The number of carbonyl (C=O) groups excluding carboxylic acids is 2. The molecule has 0 aliphatic carbocycles. The summed E-state index contributed by atoms with van der Waals surface area (Å²) in [5.74, 6) is 0.293. The van der Waals surface area contributed by atoms with Crippen molar-refractivity contribution in [3.8, 4) is 5.75 Å². The Labute approximate surface area is 193 Å². The Bertz CT molecular complexity index is 1120. The lowest BCUT2D eigenvalue weighted by Gasteiger charge is -2.40. The SMILES string of the molecule is COc1cccc(Nc2ncccc2C(=O)N2CCN(Cc3ccccc3)CC2C(N)=O)c1. The molecule has 0 radical (unpaired) electrons. The van der Waals surface area contributed by atoms with Crippen molar-refractivity contribution < 1.29 is 14.3 Å². The molecule has 1 aliphatic rings. The molecule has 1 atom stereocenters. The predicted molar refractivity (Wildman–Crippen MR) is 126 cm³/mol. The Morgan fingerprint density at radius 3 is 2.67 bits per heavy atom. The average molecular weight is 446 g/mol. The summed E-state index contributed by atoms with van der Waals surface area (Å²) in [4.78, 5) is 33.9. The third-order valence-electron chi connectivity index (χ3n) is 5.67. The summed E-state index contributed by atoms with van der Waals surface area (Å²) < 4.78 is 5.27. The molecular weight excluding hydrogens is 418 g/mol. The second-order valence-electron chi connectivity index (χ2n) is 7.89. The number of methoxy groups -OCH3 is 1. The highest BCUT2D eigenvalue weighted by Crippen LogP contribution is 2.24. The number of nitrogens with two attached hydrogens (primary N) is 1. The van der Waals surface area contributed by atoms with Crippen molar-refractivity contribution >= 4 is 23.3 Å². The van der Waals surface area contributed by atoms with Gasteiger partial charge in [0, 0.05) is 44.1 Å². The molecule has 170 valence electrons. The minimum absolute atomic E-state index is 0.281. The zero-order valence-electron chi connectivity index (χ0n) is 18.5. The minimum Gasteiger partial charge on any atom is -0.497 e. The number of anilines is 2. The smallest absolute Gasteiger partial charge is 0.258 e. The summed E-state index contributed by atoms with van der Waals surface area (Å²) in [6.45, 7) is 2.12. The van der Waals surface area contributed by atoms with Crippen molar-refractivity contribution in [3.05, 3.63) is 84.1 Å². The fraction of sp³-hybridized carbons (Fsp3) is 0.240. The molecule has 4 rings (SSSR count). The van der Waals surface area contributed by atoms with Crippen LogP contribution < -0.4 is 15.8 Å². The van der Waals surface area contributed by atoms with Gasteiger partial charge in [0.15, 0.2) is 0 Å². The Hall–Kier alpha value is -3.91. The monoisotopic (exact) mass is 445 g/mol. The molecule has 2 aromatic carbocycles. The quantitative estimate of drug-likeness (QED) is 0.580. The predicted octanol–water partition coefficient (Wildman–Crippen LogP) is 2.65. The van der Waals surface area contributed by atoms with Crippen molar-refractivity contribution in [3.63, 3.8) is 0 Å². The fourth-order valence-electron chi connectivity index (χ4n) is 3.98. The molecule has 1 fully saturated rings. The van der Waals surface area contributed by atoms with Crippen LogP contribution in [0.5, 0.6) is 5.75 Å². The van der Waals surface area contributed by atoms with Gasteiger partial charge in [0.05, 0.1) is 12.7 Å². The molecular formula is C25H27N5O3. The molecule has 1 saturated heterocycles. The lowest BCUT2D eigenvalue weighted by molar-refractivity contribution is -0.124. The highest BCUT2D eigenvalue weighted by atomic mass is 16.5. The molecule has 33 heavy (non-hydrogen) atoms. The fourth-order valence-corrected chi connectivity index (χ4v) is 3.98. The van der Waals surface area contributed by atoms with E-state index >= 15 is 0 Å². The van der Waals surface area contributed by atoms with Crippen LogP contribution in [0, 0.1) is 0 Å². The zero-order chi connectivity index (χ0) is 23.2. The van der Waals surface area contributed by atoms with Crippen LogP contribution in [-0.2, 0) is 11.3 Å². The number of primary amides is 1. The number of hydrogen-bond donors (Lipinski definition) is 2. The summed E-state index contributed by atoms with van der Waals surface area (Å²) in [6.07, 6.45) is 1.61. The summed E-state index contributed by atoms with van der Waals surface area (Å²) in [5.41, 5.74) is 7.98. The Balaban J connectivity index is 1.53. The first kappa shape index (κ1) is 22.3. The van der Waals surface area contributed by atoms with Gasteiger partial charge in [0.1, 0.15) is 17.6 Å². The van der Waals surface area contributed by atoms with E-state index < -0.39 is 11.9 Å². The first-order chi connectivity index (χ1) is 16.0. The lowest BCUT2D eigenvalue weighted by Crippen LogP contribution is -2.59. The molecule has 3 aromatic rings. The van der Waals surface area contributed by atoms with Gasteiger partial charge < -0.3 is 20.7 Å². The summed E-state index contributed by atoms with van der Waals surface area (Å²) in [5, 5.41) is 3.19. The minimum atomic E-state index is -0.722. The maximum Gasteiger partial charge on any atom is 0.258 e. The number of pyridine rings is 1. The molecule has 0 spiro atoms. The first-order valence-electron chi connectivity index (χ1n) is 10.8. The van der Waals surface area contributed by atoms with E-state index in [1.807, 2.05) is 54.6 Å². The van der Waals surface area contributed by atoms with Crippen LogP contribution >= 0.6 is 0 Å². The normalized spacial score (nSPS) is 16.3. The van der Waals surface area contributed by atoms with E-state index in [9.17, 15) is 9.59 Å². The van der Waals surface area contributed by atoms with E-state index in [-0.39, 0.29) is 5.91 Å². The van der Waals surface area contributed by atoms with Gasteiger partial charge in [-0.15, -0.1) is 0 Å². The maximum absolute atomic E-state index is 13.5. The summed E-state index contributed by atoms with van der Waals surface area (Å²) >= 11 is 0. The molecule has 2 heterocycles.